The maximum absolute atomic E-state index is 14.2. The summed E-state index contributed by atoms with van der Waals surface area (Å²) in [6, 6.07) is 12.8. The van der Waals surface area contributed by atoms with Crippen LogP contribution in [0.5, 0.6) is 5.75 Å². The lowest BCUT2D eigenvalue weighted by atomic mass is 9.97. The van der Waals surface area contributed by atoms with Gasteiger partial charge in [0.25, 0.3) is 0 Å². The zero-order valence-corrected chi connectivity index (χ0v) is 13.8. The van der Waals surface area contributed by atoms with Gasteiger partial charge >= 0.3 is 0 Å². The summed E-state index contributed by atoms with van der Waals surface area (Å²) in [6.07, 6.45) is 0.664. The minimum absolute atomic E-state index is 0.109. The number of hydrogen-bond donors (Lipinski definition) is 1. The smallest absolute Gasteiger partial charge is 0.129 e. The van der Waals surface area contributed by atoms with Crippen LogP contribution in [0.1, 0.15) is 24.1 Å². The Kier molecular flexibility index (Phi) is 5.76. The van der Waals surface area contributed by atoms with Crippen molar-refractivity contribution in [2.45, 2.75) is 19.4 Å². The molecule has 0 radical (unpaired) electrons. The van der Waals surface area contributed by atoms with E-state index in [1.165, 1.54) is 6.07 Å². The van der Waals surface area contributed by atoms with Crippen molar-refractivity contribution in [3.8, 4) is 5.75 Å². The molecule has 1 unspecified atom stereocenters. The van der Waals surface area contributed by atoms with Gasteiger partial charge in [0.05, 0.1) is 7.11 Å². The number of likely N-dealkylation sites (N-methyl/N-ethyl adjacent to an activating group) is 1. The number of halogens is 2. The molecule has 0 amide bonds. The van der Waals surface area contributed by atoms with Crippen molar-refractivity contribution in [2.75, 3.05) is 13.7 Å². The zero-order valence-electron chi connectivity index (χ0n) is 12.2. The summed E-state index contributed by atoms with van der Waals surface area (Å²) in [5.41, 5.74) is 1.71. The molecule has 0 heterocycles. The molecule has 0 fully saturated rings. The maximum Gasteiger partial charge on any atom is 0.129 e. The third-order valence-corrected chi connectivity index (χ3v) is 4.11. The Morgan fingerprint density at radius 3 is 2.62 bits per heavy atom. The van der Waals surface area contributed by atoms with Gasteiger partial charge in [0.15, 0.2) is 0 Å². The highest BCUT2D eigenvalue weighted by molar-refractivity contribution is 9.10. The van der Waals surface area contributed by atoms with Gasteiger partial charge in [0, 0.05) is 16.1 Å². The monoisotopic (exact) mass is 351 g/mol. The van der Waals surface area contributed by atoms with Gasteiger partial charge in [-0.2, -0.15) is 0 Å². The maximum atomic E-state index is 14.2. The number of para-hydroxylation sites is 1. The molecule has 0 saturated heterocycles. The van der Waals surface area contributed by atoms with Crippen LogP contribution in [0.3, 0.4) is 0 Å². The molecule has 2 aromatic rings. The number of hydrogen-bond acceptors (Lipinski definition) is 2. The SMILES string of the molecule is CCNC(Cc1ccccc1OC)c1c(F)cccc1Br. The van der Waals surface area contributed by atoms with Crippen LogP contribution in [-0.4, -0.2) is 13.7 Å². The molecule has 112 valence electrons. The molecule has 0 spiro atoms. The minimum Gasteiger partial charge on any atom is -0.496 e. The van der Waals surface area contributed by atoms with Gasteiger partial charge in [0.1, 0.15) is 11.6 Å². The normalized spacial score (nSPS) is 12.2. The molecule has 4 heteroatoms. The third kappa shape index (κ3) is 3.83. The Bertz CT molecular complexity index is 583. The van der Waals surface area contributed by atoms with Crippen LogP contribution in [0.4, 0.5) is 4.39 Å². The first kappa shape index (κ1) is 16.0. The van der Waals surface area contributed by atoms with E-state index in [9.17, 15) is 4.39 Å². The summed E-state index contributed by atoms with van der Waals surface area (Å²) < 4.78 is 20.4. The lowest BCUT2D eigenvalue weighted by Gasteiger charge is -2.21. The van der Waals surface area contributed by atoms with E-state index in [2.05, 4.69) is 21.2 Å². The first-order valence-electron chi connectivity index (χ1n) is 6.96. The van der Waals surface area contributed by atoms with Crippen LogP contribution >= 0.6 is 15.9 Å². The predicted molar refractivity (Wildman–Crippen MR) is 87.2 cm³/mol. The van der Waals surface area contributed by atoms with Gasteiger partial charge in [-0.25, -0.2) is 4.39 Å². The Morgan fingerprint density at radius 1 is 1.19 bits per heavy atom. The fourth-order valence-corrected chi connectivity index (χ4v) is 3.08. The highest BCUT2D eigenvalue weighted by Gasteiger charge is 2.19. The van der Waals surface area contributed by atoms with Crippen LogP contribution in [0.25, 0.3) is 0 Å². The van der Waals surface area contributed by atoms with E-state index in [4.69, 9.17) is 4.74 Å². The van der Waals surface area contributed by atoms with Crippen LogP contribution in [0.15, 0.2) is 46.9 Å². The van der Waals surface area contributed by atoms with Gasteiger partial charge in [-0.15, -0.1) is 0 Å². The Labute approximate surface area is 133 Å². The van der Waals surface area contributed by atoms with Crippen LogP contribution in [0.2, 0.25) is 0 Å². The summed E-state index contributed by atoms with van der Waals surface area (Å²) in [7, 11) is 1.65. The molecule has 2 nitrogen and oxygen atoms in total. The second-order valence-electron chi connectivity index (χ2n) is 4.76. The first-order valence-corrected chi connectivity index (χ1v) is 7.75. The highest BCUT2D eigenvalue weighted by atomic mass is 79.9. The molecular weight excluding hydrogens is 333 g/mol. The zero-order chi connectivity index (χ0) is 15.2. The van der Waals surface area contributed by atoms with Gasteiger partial charge in [-0.3, -0.25) is 0 Å². The third-order valence-electron chi connectivity index (χ3n) is 3.42. The molecular formula is C17H19BrFNO. The topological polar surface area (TPSA) is 21.3 Å². The summed E-state index contributed by atoms with van der Waals surface area (Å²) in [6.45, 7) is 2.78. The first-order chi connectivity index (χ1) is 10.2. The molecule has 1 N–H and O–H groups in total. The van der Waals surface area contributed by atoms with Crippen molar-refractivity contribution in [1.29, 1.82) is 0 Å². The lowest BCUT2D eigenvalue weighted by Crippen LogP contribution is -2.24. The molecule has 0 aliphatic carbocycles. The summed E-state index contributed by atoms with van der Waals surface area (Å²) >= 11 is 3.46. The van der Waals surface area contributed by atoms with Crippen molar-refractivity contribution >= 4 is 15.9 Å². The Morgan fingerprint density at radius 2 is 1.95 bits per heavy atom. The molecule has 2 rings (SSSR count). The number of rotatable bonds is 6. The van der Waals surface area contributed by atoms with Gasteiger partial charge < -0.3 is 10.1 Å². The van der Waals surface area contributed by atoms with Crippen molar-refractivity contribution in [3.63, 3.8) is 0 Å². The number of benzene rings is 2. The summed E-state index contributed by atoms with van der Waals surface area (Å²) in [5.74, 6) is 0.623. The second-order valence-corrected chi connectivity index (χ2v) is 5.62. The summed E-state index contributed by atoms with van der Waals surface area (Å²) in [5, 5.41) is 3.35. The van der Waals surface area contributed by atoms with Crippen molar-refractivity contribution in [1.82, 2.24) is 5.32 Å². The molecule has 0 aromatic heterocycles. The van der Waals surface area contributed by atoms with Crippen molar-refractivity contribution in [3.05, 3.63) is 63.9 Å². The lowest BCUT2D eigenvalue weighted by molar-refractivity contribution is 0.404. The molecule has 0 saturated carbocycles. The van der Waals surface area contributed by atoms with Crippen molar-refractivity contribution in [2.24, 2.45) is 0 Å². The van der Waals surface area contributed by atoms with E-state index in [0.29, 0.717) is 12.0 Å². The van der Waals surface area contributed by atoms with Crippen LogP contribution < -0.4 is 10.1 Å². The Hall–Kier alpha value is -1.39. The van der Waals surface area contributed by atoms with E-state index in [1.807, 2.05) is 37.3 Å². The largest absolute Gasteiger partial charge is 0.496 e. The average molecular weight is 352 g/mol. The quantitative estimate of drug-likeness (QED) is 0.827. The van der Waals surface area contributed by atoms with Crippen LogP contribution in [0, 0.1) is 5.82 Å². The van der Waals surface area contributed by atoms with E-state index >= 15 is 0 Å². The minimum atomic E-state index is -0.203. The van der Waals surface area contributed by atoms with E-state index in [-0.39, 0.29) is 11.9 Å². The standard InChI is InChI=1S/C17H19BrFNO/c1-3-20-15(17-13(18)8-6-9-14(17)19)11-12-7-4-5-10-16(12)21-2/h4-10,15,20H,3,11H2,1-2H3. The molecule has 0 bridgehead atoms. The molecule has 1 atom stereocenters. The van der Waals surface area contributed by atoms with Crippen LogP contribution in [-0.2, 0) is 6.42 Å². The van der Waals surface area contributed by atoms with Gasteiger partial charge in [-0.05, 0) is 36.7 Å². The number of nitrogens with one attached hydrogen (secondary N) is 1. The van der Waals surface area contributed by atoms with E-state index in [1.54, 1.807) is 13.2 Å². The fraction of sp³-hybridized carbons (Fsp3) is 0.294. The van der Waals surface area contributed by atoms with Gasteiger partial charge in [0.2, 0.25) is 0 Å². The molecule has 0 aliphatic rings. The van der Waals surface area contributed by atoms with Gasteiger partial charge in [-0.1, -0.05) is 47.1 Å². The second kappa shape index (κ2) is 7.57. The van der Waals surface area contributed by atoms with Crippen molar-refractivity contribution < 1.29 is 9.13 Å². The van der Waals surface area contributed by atoms with E-state index < -0.39 is 0 Å². The highest BCUT2D eigenvalue weighted by Crippen LogP contribution is 2.31. The fourth-order valence-electron chi connectivity index (χ4n) is 2.46. The molecule has 0 aliphatic heterocycles. The number of methoxy groups -OCH3 is 1. The molecule has 21 heavy (non-hydrogen) atoms. The Balaban J connectivity index is 2.36. The molecule has 2 aromatic carbocycles. The predicted octanol–water partition coefficient (Wildman–Crippen LogP) is 4.49. The number of ether oxygens (including phenoxy) is 1. The summed E-state index contributed by atoms with van der Waals surface area (Å²) in [4.78, 5) is 0. The van der Waals surface area contributed by atoms with E-state index in [0.717, 1.165) is 22.3 Å². The average Bonchev–Trinajstić information content (AvgIpc) is 2.48.